The Morgan fingerprint density at radius 3 is 2.90 bits per heavy atom. The van der Waals surface area contributed by atoms with Gasteiger partial charge in [0.2, 0.25) is 5.91 Å². The molecule has 2 heterocycles. The predicted octanol–water partition coefficient (Wildman–Crippen LogP) is 5.06. The second-order valence-electron chi connectivity index (χ2n) is 7.53. The largest absolute Gasteiger partial charge is 0.489 e. The summed E-state index contributed by atoms with van der Waals surface area (Å²) in [5.74, 6) is 0.695. The Hall–Kier alpha value is -2.96. The molecule has 1 aliphatic heterocycles. The molecular weight excluding hydrogens is 417 g/mol. The zero-order valence-corrected chi connectivity index (χ0v) is 17.7. The Morgan fingerprint density at radius 1 is 1.23 bits per heavy atom. The molecule has 2 N–H and O–H groups in total. The number of rotatable bonds is 6. The molecule has 1 amide bonds. The van der Waals surface area contributed by atoms with Crippen LogP contribution in [0.2, 0.25) is 5.02 Å². The van der Waals surface area contributed by atoms with Gasteiger partial charge in [-0.05, 0) is 60.8 Å². The van der Waals surface area contributed by atoms with Gasteiger partial charge in [0.05, 0.1) is 10.9 Å². The van der Waals surface area contributed by atoms with E-state index in [4.69, 9.17) is 16.3 Å². The van der Waals surface area contributed by atoms with Gasteiger partial charge in [-0.3, -0.25) is 4.79 Å². The third-order valence-corrected chi connectivity index (χ3v) is 5.52. The standard InChI is InChI=1S/C24H23ClFN3O2/c25-22-14-28-23(29-24(30)18-6-3-9-27-13-18)12-21(22)17-5-2-8-20(11-17)31-15-16-4-1-7-19(26)10-16/h1-2,4-5,7-8,10-12,14,18,27H,3,6,9,13,15H2,(H,28,29,30)/t18-/m1/s1. The maximum Gasteiger partial charge on any atom is 0.229 e. The van der Waals surface area contributed by atoms with Crippen molar-refractivity contribution in [2.75, 3.05) is 18.4 Å². The fourth-order valence-electron chi connectivity index (χ4n) is 3.58. The molecule has 1 aliphatic rings. The molecule has 0 aliphatic carbocycles. The van der Waals surface area contributed by atoms with E-state index in [1.807, 2.05) is 30.3 Å². The molecule has 1 fully saturated rings. The van der Waals surface area contributed by atoms with Crippen molar-refractivity contribution in [3.8, 4) is 16.9 Å². The van der Waals surface area contributed by atoms with Gasteiger partial charge < -0.3 is 15.4 Å². The molecule has 0 radical (unpaired) electrons. The van der Waals surface area contributed by atoms with Crippen LogP contribution >= 0.6 is 11.6 Å². The normalized spacial score (nSPS) is 16.0. The highest BCUT2D eigenvalue weighted by Crippen LogP contribution is 2.32. The highest BCUT2D eigenvalue weighted by atomic mass is 35.5. The van der Waals surface area contributed by atoms with E-state index in [1.54, 1.807) is 12.1 Å². The fraction of sp³-hybridized carbons (Fsp3) is 0.250. The number of halogens is 2. The van der Waals surface area contributed by atoms with Crippen molar-refractivity contribution in [1.82, 2.24) is 10.3 Å². The number of carbonyl (C=O) groups is 1. The van der Waals surface area contributed by atoms with E-state index < -0.39 is 0 Å². The third kappa shape index (κ3) is 5.60. The molecule has 160 valence electrons. The minimum absolute atomic E-state index is 0.0415. The van der Waals surface area contributed by atoms with Crippen molar-refractivity contribution < 1.29 is 13.9 Å². The molecule has 1 saturated heterocycles. The molecule has 1 aromatic heterocycles. The zero-order valence-electron chi connectivity index (χ0n) is 16.9. The molecule has 0 unspecified atom stereocenters. The molecule has 0 saturated carbocycles. The second-order valence-corrected chi connectivity index (χ2v) is 7.94. The summed E-state index contributed by atoms with van der Waals surface area (Å²) >= 11 is 6.39. The van der Waals surface area contributed by atoms with Gasteiger partial charge in [0.1, 0.15) is 24.0 Å². The zero-order chi connectivity index (χ0) is 21.6. The first-order valence-electron chi connectivity index (χ1n) is 10.2. The lowest BCUT2D eigenvalue weighted by molar-refractivity contribution is -0.120. The average molecular weight is 440 g/mol. The highest BCUT2D eigenvalue weighted by Gasteiger charge is 2.21. The number of amides is 1. The molecule has 2 aromatic carbocycles. The Kier molecular flexibility index (Phi) is 6.79. The van der Waals surface area contributed by atoms with Crippen molar-refractivity contribution in [1.29, 1.82) is 0 Å². The molecule has 4 rings (SSSR count). The highest BCUT2D eigenvalue weighted by molar-refractivity contribution is 6.33. The number of carbonyl (C=O) groups excluding carboxylic acids is 1. The Morgan fingerprint density at radius 2 is 2.10 bits per heavy atom. The number of piperidine rings is 1. The van der Waals surface area contributed by atoms with E-state index in [1.165, 1.54) is 18.3 Å². The van der Waals surface area contributed by atoms with Gasteiger partial charge in [0, 0.05) is 18.3 Å². The van der Waals surface area contributed by atoms with Gasteiger partial charge in [-0.1, -0.05) is 35.9 Å². The van der Waals surface area contributed by atoms with Gasteiger partial charge in [-0.25, -0.2) is 9.37 Å². The maximum atomic E-state index is 13.4. The van der Waals surface area contributed by atoms with Crippen LogP contribution in [-0.4, -0.2) is 24.0 Å². The van der Waals surface area contributed by atoms with Crippen LogP contribution in [0.15, 0.2) is 60.8 Å². The van der Waals surface area contributed by atoms with E-state index in [2.05, 4.69) is 15.6 Å². The van der Waals surface area contributed by atoms with Crippen LogP contribution in [0, 0.1) is 11.7 Å². The number of pyridine rings is 1. The predicted molar refractivity (Wildman–Crippen MR) is 120 cm³/mol. The quantitative estimate of drug-likeness (QED) is 0.563. The van der Waals surface area contributed by atoms with Gasteiger partial charge in [-0.15, -0.1) is 0 Å². The van der Waals surface area contributed by atoms with Gasteiger partial charge >= 0.3 is 0 Å². The summed E-state index contributed by atoms with van der Waals surface area (Å²) in [6.07, 6.45) is 3.38. The van der Waals surface area contributed by atoms with Crippen LogP contribution in [-0.2, 0) is 11.4 Å². The third-order valence-electron chi connectivity index (χ3n) is 5.21. The minimum atomic E-state index is -0.294. The summed E-state index contributed by atoms with van der Waals surface area (Å²) in [6.45, 7) is 1.88. The summed E-state index contributed by atoms with van der Waals surface area (Å²) < 4.78 is 19.2. The number of hydrogen-bond donors (Lipinski definition) is 2. The molecule has 3 aromatic rings. The summed E-state index contributed by atoms with van der Waals surface area (Å²) in [5, 5.41) is 6.62. The second kappa shape index (κ2) is 9.90. The first kappa shape index (κ1) is 21.3. The van der Waals surface area contributed by atoms with Crippen molar-refractivity contribution >= 4 is 23.3 Å². The van der Waals surface area contributed by atoms with Gasteiger partial charge in [0.25, 0.3) is 0 Å². The van der Waals surface area contributed by atoms with Crippen molar-refractivity contribution in [2.45, 2.75) is 19.4 Å². The summed E-state index contributed by atoms with van der Waals surface area (Å²) in [6, 6.07) is 15.5. The topological polar surface area (TPSA) is 63.2 Å². The molecule has 31 heavy (non-hydrogen) atoms. The number of anilines is 1. The monoisotopic (exact) mass is 439 g/mol. The average Bonchev–Trinajstić information content (AvgIpc) is 2.80. The minimum Gasteiger partial charge on any atom is -0.489 e. The first-order valence-corrected chi connectivity index (χ1v) is 10.6. The lowest BCUT2D eigenvalue weighted by Gasteiger charge is -2.21. The number of benzene rings is 2. The number of nitrogens with zero attached hydrogens (tertiary/aromatic N) is 1. The van der Waals surface area contributed by atoms with Gasteiger partial charge in [-0.2, -0.15) is 0 Å². The van der Waals surface area contributed by atoms with Crippen LogP contribution in [0.5, 0.6) is 5.75 Å². The van der Waals surface area contributed by atoms with E-state index in [-0.39, 0.29) is 24.2 Å². The molecule has 1 atom stereocenters. The van der Waals surface area contributed by atoms with Gasteiger partial charge in [0.15, 0.2) is 0 Å². The van der Waals surface area contributed by atoms with Crippen LogP contribution in [0.25, 0.3) is 11.1 Å². The van der Waals surface area contributed by atoms with Crippen LogP contribution in [0.3, 0.4) is 0 Å². The Bertz CT molecular complexity index is 1070. The van der Waals surface area contributed by atoms with Crippen molar-refractivity contribution in [3.05, 3.63) is 77.2 Å². The first-order chi connectivity index (χ1) is 15.1. The molecule has 5 nitrogen and oxygen atoms in total. The van der Waals surface area contributed by atoms with E-state index >= 15 is 0 Å². The lowest BCUT2D eigenvalue weighted by atomic mass is 9.99. The number of hydrogen-bond acceptors (Lipinski definition) is 4. The molecular formula is C24H23ClFN3O2. The van der Waals surface area contributed by atoms with Crippen LogP contribution in [0.1, 0.15) is 18.4 Å². The van der Waals surface area contributed by atoms with Crippen molar-refractivity contribution in [2.24, 2.45) is 5.92 Å². The Labute approximate surface area is 185 Å². The lowest BCUT2D eigenvalue weighted by Crippen LogP contribution is -2.37. The molecule has 0 spiro atoms. The Balaban J connectivity index is 1.48. The smallest absolute Gasteiger partial charge is 0.229 e. The number of nitrogens with one attached hydrogen (secondary N) is 2. The van der Waals surface area contributed by atoms with Crippen LogP contribution < -0.4 is 15.4 Å². The number of ether oxygens (including phenoxy) is 1. The fourth-order valence-corrected chi connectivity index (χ4v) is 3.79. The molecule has 0 bridgehead atoms. The van der Waals surface area contributed by atoms with E-state index in [9.17, 15) is 9.18 Å². The van der Waals surface area contributed by atoms with E-state index in [0.29, 0.717) is 23.1 Å². The molecule has 7 heteroatoms. The number of aromatic nitrogens is 1. The van der Waals surface area contributed by atoms with E-state index in [0.717, 1.165) is 36.1 Å². The van der Waals surface area contributed by atoms with Crippen molar-refractivity contribution in [3.63, 3.8) is 0 Å². The summed E-state index contributed by atoms with van der Waals surface area (Å²) in [5.41, 5.74) is 2.32. The SMILES string of the molecule is O=C(Nc1cc(-c2cccc(OCc3cccc(F)c3)c2)c(Cl)cn1)[C@@H]1CCCNC1. The maximum absolute atomic E-state index is 13.4. The summed E-state index contributed by atoms with van der Waals surface area (Å²) in [4.78, 5) is 16.8. The van der Waals surface area contributed by atoms with Crippen LogP contribution in [0.4, 0.5) is 10.2 Å². The summed E-state index contributed by atoms with van der Waals surface area (Å²) in [7, 11) is 0.